The van der Waals surface area contributed by atoms with E-state index < -0.39 is 0 Å². The average molecular weight is 343 g/mol. The highest BCUT2D eigenvalue weighted by atomic mass is 32.1. The van der Waals surface area contributed by atoms with Crippen LogP contribution in [0.5, 0.6) is 0 Å². The molecule has 1 aliphatic carbocycles. The number of hydrogen-bond acceptors (Lipinski definition) is 5. The summed E-state index contributed by atoms with van der Waals surface area (Å²) in [7, 11) is 0. The molecule has 1 amide bonds. The molecule has 1 fully saturated rings. The zero-order valence-corrected chi connectivity index (χ0v) is 13.8. The van der Waals surface area contributed by atoms with Gasteiger partial charge in [0.25, 0.3) is 0 Å². The number of amides is 1. The third-order valence-electron chi connectivity index (χ3n) is 4.17. The average Bonchev–Trinajstić information content (AvgIpc) is 3.26. The van der Waals surface area contributed by atoms with Crippen molar-refractivity contribution in [2.24, 2.45) is 0 Å². The minimum Gasteiger partial charge on any atom is -0.356 e. The normalized spacial score (nSPS) is 14.2. The van der Waals surface area contributed by atoms with Crippen molar-refractivity contribution in [3.8, 4) is 0 Å². The molecule has 7 nitrogen and oxygen atoms in total. The number of H-pyrrole nitrogens is 1. The number of para-hydroxylation sites is 1. The lowest BCUT2D eigenvalue weighted by Gasteiger charge is -2.07. The highest BCUT2D eigenvalue weighted by Crippen LogP contribution is 2.38. The predicted octanol–water partition coefficient (Wildman–Crippen LogP) is 2.32. The molecule has 24 heavy (non-hydrogen) atoms. The molecule has 8 heteroatoms. The van der Waals surface area contributed by atoms with Gasteiger partial charge in [0, 0.05) is 24.4 Å². The molecule has 1 saturated carbocycles. The fourth-order valence-electron chi connectivity index (χ4n) is 2.79. The molecule has 3 aromatic rings. The van der Waals surface area contributed by atoms with Gasteiger partial charge >= 0.3 is 0 Å². The van der Waals surface area contributed by atoms with Crippen LogP contribution in [-0.2, 0) is 17.8 Å². The van der Waals surface area contributed by atoms with Gasteiger partial charge in [-0.25, -0.2) is 0 Å². The number of fused-ring (bicyclic) bond motifs is 1. The highest BCUT2D eigenvalue weighted by Gasteiger charge is 2.28. The molecule has 0 aliphatic heterocycles. The van der Waals surface area contributed by atoms with Crippen molar-refractivity contribution in [3.63, 3.8) is 0 Å². The SMILES string of the molecule is O=C(Cc1noc2ccccc12)NCCn1c(C2CC2)n[nH]c1=S. The van der Waals surface area contributed by atoms with Crippen LogP contribution in [0.1, 0.15) is 30.3 Å². The number of hydrogen-bond donors (Lipinski definition) is 2. The summed E-state index contributed by atoms with van der Waals surface area (Å²) >= 11 is 5.25. The second-order valence-corrected chi connectivity index (χ2v) is 6.35. The van der Waals surface area contributed by atoms with E-state index in [-0.39, 0.29) is 12.3 Å². The fourth-order valence-corrected chi connectivity index (χ4v) is 3.02. The Morgan fingerprint density at radius 3 is 3.08 bits per heavy atom. The largest absolute Gasteiger partial charge is 0.356 e. The molecule has 0 unspecified atom stereocenters. The topological polar surface area (TPSA) is 88.7 Å². The van der Waals surface area contributed by atoms with Crippen molar-refractivity contribution in [1.29, 1.82) is 0 Å². The predicted molar refractivity (Wildman–Crippen MR) is 90.1 cm³/mol. The standard InChI is InChI=1S/C16H17N5O2S/c22-14(9-12-11-3-1-2-4-13(11)23-20-12)17-7-8-21-15(10-5-6-10)18-19-16(21)24/h1-4,10H,5-9H2,(H,17,22)(H,19,24). The molecule has 0 radical (unpaired) electrons. The number of nitrogens with one attached hydrogen (secondary N) is 2. The van der Waals surface area contributed by atoms with Crippen LogP contribution in [0.2, 0.25) is 0 Å². The maximum Gasteiger partial charge on any atom is 0.226 e. The van der Waals surface area contributed by atoms with E-state index in [2.05, 4.69) is 20.7 Å². The first-order chi connectivity index (χ1) is 11.7. The van der Waals surface area contributed by atoms with E-state index in [9.17, 15) is 4.79 Å². The van der Waals surface area contributed by atoms with Crippen molar-refractivity contribution < 1.29 is 9.32 Å². The number of benzene rings is 1. The maximum atomic E-state index is 12.1. The number of aromatic amines is 1. The Morgan fingerprint density at radius 2 is 2.25 bits per heavy atom. The minimum absolute atomic E-state index is 0.0861. The van der Waals surface area contributed by atoms with Crippen LogP contribution in [0, 0.1) is 4.77 Å². The fraction of sp³-hybridized carbons (Fsp3) is 0.375. The van der Waals surface area contributed by atoms with Crippen molar-refractivity contribution in [2.45, 2.75) is 31.7 Å². The zero-order valence-electron chi connectivity index (χ0n) is 13.0. The number of nitrogens with zero attached hydrogens (tertiary/aromatic N) is 3. The molecule has 0 bridgehead atoms. The van der Waals surface area contributed by atoms with E-state index in [0.29, 0.717) is 35.1 Å². The molecule has 1 aromatic carbocycles. The van der Waals surface area contributed by atoms with E-state index in [1.165, 1.54) is 0 Å². The Kier molecular flexibility index (Phi) is 3.89. The van der Waals surface area contributed by atoms with Crippen molar-refractivity contribution >= 4 is 29.1 Å². The number of aromatic nitrogens is 4. The molecule has 4 rings (SSSR count). The monoisotopic (exact) mass is 343 g/mol. The number of carbonyl (C=O) groups excluding carboxylic acids is 1. The summed E-state index contributed by atoms with van der Waals surface area (Å²) in [4.78, 5) is 12.1. The Morgan fingerprint density at radius 1 is 1.42 bits per heavy atom. The van der Waals surface area contributed by atoms with Gasteiger partial charge in [0.05, 0.1) is 6.42 Å². The Labute approximate surface area is 143 Å². The summed E-state index contributed by atoms with van der Waals surface area (Å²) in [5, 5.41) is 14.9. The van der Waals surface area contributed by atoms with Crippen LogP contribution < -0.4 is 5.32 Å². The van der Waals surface area contributed by atoms with Crippen LogP contribution in [0.15, 0.2) is 28.8 Å². The number of carbonyl (C=O) groups is 1. The lowest BCUT2D eigenvalue weighted by molar-refractivity contribution is -0.120. The molecular formula is C16H17N5O2S. The summed E-state index contributed by atoms with van der Waals surface area (Å²) in [5.41, 5.74) is 1.35. The summed E-state index contributed by atoms with van der Waals surface area (Å²) in [5.74, 6) is 1.42. The van der Waals surface area contributed by atoms with Gasteiger partial charge in [0.15, 0.2) is 10.4 Å². The van der Waals surface area contributed by atoms with Gasteiger partial charge in [-0.2, -0.15) is 5.10 Å². The van der Waals surface area contributed by atoms with Crippen LogP contribution in [0.25, 0.3) is 11.0 Å². The molecule has 2 heterocycles. The van der Waals surface area contributed by atoms with E-state index in [1.54, 1.807) is 0 Å². The summed E-state index contributed by atoms with van der Waals surface area (Å²) < 4.78 is 7.79. The van der Waals surface area contributed by atoms with Gasteiger partial charge in [-0.1, -0.05) is 17.3 Å². The Balaban J connectivity index is 1.36. The summed E-state index contributed by atoms with van der Waals surface area (Å²) in [6, 6.07) is 7.52. The first-order valence-corrected chi connectivity index (χ1v) is 8.38. The molecule has 1 aliphatic rings. The second-order valence-electron chi connectivity index (χ2n) is 5.97. The van der Waals surface area contributed by atoms with Gasteiger partial charge in [0.1, 0.15) is 11.5 Å². The minimum atomic E-state index is -0.0861. The molecule has 0 saturated heterocycles. The van der Waals surface area contributed by atoms with Gasteiger partial charge in [0.2, 0.25) is 5.91 Å². The van der Waals surface area contributed by atoms with Crippen LogP contribution in [0.4, 0.5) is 0 Å². The summed E-state index contributed by atoms with van der Waals surface area (Å²) in [6.45, 7) is 1.12. The van der Waals surface area contributed by atoms with Crippen LogP contribution in [-0.4, -0.2) is 32.4 Å². The summed E-state index contributed by atoms with van der Waals surface area (Å²) in [6.07, 6.45) is 2.51. The van der Waals surface area contributed by atoms with Gasteiger partial charge < -0.3 is 14.4 Å². The van der Waals surface area contributed by atoms with Crippen molar-refractivity contribution in [1.82, 2.24) is 25.2 Å². The molecule has 0 spiro atoms. The molecular weight excluding hydrogens is 326 g/mol. The third kappa shape index (κ3) is 2.96. The van der Waals surface area contributed by atoms with Gasteiger partial charge in [-0.15, -0.1) is 0 Å². The maximum absolute atomic E-state index is 12.1. The van der Waals surface area contributed by atoms with E-state index in [1.807, 2.05) is 28.8 Å². The molecule has 2 aromatic heterocycles. The number of rotatable bonds is 6. The lowest BCUT2D eigenvalue weighted by Crippen LogP contribution is -2.29. The first kappa shape index (κ1) is 15.1. The lowest BCUT2D eigenvalue weighted by atomic mass is 10.1. The molecule has 2 N–H and O–H groups in total. The van der Waals surface area contributed by atoms with E-state index in [0.717, 1.165) is 24.1 Å². The molecule has 124 valence electrons. The van der Waals surface area contributed by atoms with Gasteiger partial charge in [-0.05, 0) is 37.2 Å². The smallest absolute Gasteiger partial charge is 0.226 e. The van der Waals surface area contributed by atoms with Crippen LogP contribution >= 0.6 is 12.2 Å². The van der Waals surface area contributed by atoms with Crippen molar-refractivity contribution in [3.05, 3.63) is 40.6 Å². The quantitative estimate of drug-likeness (QED) is 0.671. The van der Waals surface area contributed by atoms with E-state index in [4.69, 9.17) is 16.7 Å². The first-order valence-electron chi connectivity index (χ1n) is 7.97. The Hall–Kier alpha value is -2.48. The second kappa shape index (κ2) is 6.20. The van der Waals surface area contributed by atoms with E-state index >= 15 is 0 Å². The van der Waals surface area contributed by atoms with Crippen molar-refractivity contribution in [2.75, 3.05) is 6.54 Å². The molecule has 0 atom stereocenters. The van der Waals surface area contributed by atoms with Crippen LogP contribution in [0.3, 0.4) is 0 Å². The van der Waals surface area contributed by atoms with Gasteiger partial charge in [-0.3, -0.25) is 9.89 Å². The zero-order chi connectivity index (χ0) is 16.5. The Bertz CT molecular complexity index is 937. The highest BCUT2D eigenvalue weighted by molar-refractivity contribution is 7.71. The third-order valence-corrected chi connectivity index (χ3v) is 4.48.